The first-order valence-corrected chi connectivity index (χ1v) is 9.43. The molecule has 1 amide bonds. The fraction of sp³-hybridized carbons (Fsp3) is 0.130. The molecule has 6 heteroatoms. The van der Waals surface area contributed by atoms with Crippen molar-refractivity contribution in [3.63, 3.8) is 0 Å². The topological polar surface area (TPSA) is 58.2 Å². The largest absolute Gasteiger partial charge is 0.496 e. The van der Waals surface area contributed by atoms with Crippen LogP contribution in [-0.4, -0.2) is 49.8 Å². The van der Waals surface area contributed by atoms with E-state index in [2.05, 4.69) is 16.0 Å². The molecule has 0 aliphatic heterocycles. The minimum Gasteiger partial charge on any atom is -0.496 e. The fourth-order valence-electron chi connectivity index (χ4n) is 3.52. The normalized spacial score (nSPS) is 10.9. The SMILES string of the molecule is Bc1ccc(-c2cnc3[nH]cc(-c4ccccc4OC)c3c2)cc1C(=O)N(C)C. The van der Waals surface area contributed by atoms with Crippen LogP contribution in [0.15, 0.2) is 60.9 Å². The van der Waals surface area contributed by atoms with Crippen molar-refractivity contribution in [2.75, 3.05) is 21.2 Å². The second-order valence-electron chi connectivity index (χ2n) is 7.25. The van der Waals surface area contributed by atoms with E-state index in [-0.39, 0.29) is 5.91 Å². The standard InChI is InChI=1S/C23H22BN3O2/c1-27(2)23(28)18-10-14(8-9-20(18)24)15-11-17-19(13-26-22(17)25-12-15)16-6-4-5-7-21(16)29-3/h4-13H,24H2,1-3H3,(H,25,26). The van der Waals surface area contributed by atoms with Crippen molar-refractivity contribution in [1.29, 1.82) is 0 Å². The van der Waals surface area contributed by atoms with Crippen LogP contribution in [0.3, 0.4) is 0 Å². The van der Waals surface area contributed by atoms with Crippen LogP contribution >= 0.6 is 0 Å². The molecule has 0 fully saturated rings. The van der Waals surface area contributed by atoms with Crippen LogP contribution in [0.2, 0.25) is 0 Å². The molecule has 0 bridgehead atoms. The van der Waals surface area contributed by atoms with Gasteiger partial charge in [-0.1, -0.05) is 35.8 Å². The number of carbonyl (C=O) groups excluding carboxylic acids is 1. The number of pyridine rings is 1. The minimum absolute atomic E-state index is 0.00487. The van der Waals surface area contributed by atoms with E-state index >= 15 is 0 Å². The summed E-state index contributed by atoms with van der Waals surface area (Å²) in [5, 5.41) is 1.01. The maximum atomic E-state index is 12.5. The van der Waals surface area contributed by atoms with Crippen molar-refractivity contribution < 1.29 is 9.53 Å². The van der Waals surface area contributed by atoms with Gasteiger partial charge in [-0.05, 0) is 23.8 Å². The summed E-state index contributed by atoms with van der Waals surface area (Å²) in [6, 6.07) is 16.0. The molecule has 0 unspecified atom stereocenters. The van der Waals surface area contributed by atoms with Gasteiger partial charge in [0.25, 0.3) is 5.91 Å². The summed E-state index contributed by atoms with van der Waals surface area (Å²) in [5.74, 6) is 0.808. The molecule has 4 aromatic rings. The van der Waals surface area contributed by atoms with Crippen LogP contribution in [0.1, 0.15) is 10.4 Å². The monoisotopic (exact) mass is 383 g/mol. The highest BCUT2D eigenvalue weighted by atomic mass is 16.5. The van der Waals surface area contributed by atoms with Crippen LogP contribution < -0.4 is 10.2 Å². The van der Waals surface area contributed by atoms with Gasteiger partial charge in [-0.3, -0.25) is 4.79 Å². The van der Waals surface area contributed by atoms with Gasteiger partial charge in [0.05, 0.1) is 7.11 Å². The highest BCUT2D eigenvalue weighted by molar-refractivity contribution is 6.36. The van der Waals surface area contributed by atoms with Crippen molar-refractivity contribution in [2.24, 2.45) is 0 Å². The number of fused-ring (bicyclic) bond motifs is 1. The molecule has 0 aliphatic carbocycles. The van der Waals surface area contributed by atoms with Gasteiger partial charge in [-0.25, -0.2) is 4.98 Å². The van der Waals surface area contributed by atoms with Crippen molar-refractivity contribution in [3.05, 3.63) is 66.5 Å². The van der Waals surface area contributed by atoms with Gasteiger partial charge in [0.15, 0.2) is 0 Å². The molecule has 0 saturated heterocycles. The molecule has 4 rings (SSSR count). The first-order valence-electron chi connectivity index (χ1n) is 9.43. The quantitative estimate of drug-likeness (QED) is 0.552. The predicted octanol–water partition coefficient (Wildman–Crippen LogP) is 2.87. The number of ether oxygens (including phenoxy) is 1. The van der Waals surface area contributed by atoms with Gasteiger partial charge in [-0.15, -0.1) is 0 Å². The van der Waals surface area contributed by atoms with Crippen molar-refractivity contribution in [2.45, 2.75) is 0 Å². The van der Waals surface area contributed by atoms with E-state index in [0.717, 1.165) is 44.5 Å². The number of rotatable bonds is 4. The van der Waals surface area contributed by atoms with Gasteiger partial charge >= 0.3 is 0 Å². The molecule has 1 N–H and O–H groups in total. The van der Waals surface area contributed by atoms with Crippen LogP contribution in [-0.2, 0) is 0 Å². The number of amides is 1. The van der Waals surface area contributed by atoms with Crippen LogP contribution in [0, 0.1) is 0 Å². The van der Waals surface area contributed by atoms with E-state index in [9.17, 15) is 4.79 Å². The average molecular weight is 383 g/mol. The third-order valence-corrected chi connectivity index (χ3v) is 5.14. The number of aromatic nitrogens is 2. The number of hydrogen-bond acceptors (Lipinski definition) is 3. The lowest BCUT2D eigenvalue weighted by Gasteiger charge is -2.14. The Morgan fingerprint density at radius 2 is 1.86 bits per heavy atom. The molecule has 0 radical (unpaired) electrons. The molecule has 0 aliphatic rings. The maximum Gasteiger partial charge on any atom is 0.252 e. The number of nitrogens with one attached hydrogen (secondary N) is 1. The number of H-pyrrole nitrogens is 1. The van der Waals surface area contributed by atoms with E-state index in [1.807, 2.05) is 62.7 Å². The molecule has 144 valence electrons. The number of carbonyl (C=O) groups is 1. The Morgan fingerprint density at radius 1 is 1.07 bits per heavy atom. The molecule has 5 nitrogen and oxygen atoms in total. The third-order valence-electron chi connectivity index (χ3n) is 5.14. The lowest BCUT2D eigenvalue weighted by Crippen LogP contribution is -2.27. The Kier molecular flexibility index (Phi) is 4.85. The van der Waals surface area contributed by atoms with Gasteiger partial charge in [0.1, 0.15) is 19.2 Å². The summed E-state index contributed by atoms with van der Waals surface area (Å²) >= 11 is 0. The number of methoxy groups -OCH3 is 1. The molecule has 2 heterocycles. The molecule has 0 atom stereocenters. The zero-order valence-corrected chi connectivity index (χ0v) is 17.0. The number of hydrogen-bond donors (Lipinski definition) is 1. The fourth-order valence-corrected chi connectivity index (χ4v) is 3.52. The molecule has 2 aromatic heterocycles. The van der Waals surface area contributed by atoms with E-state index in [1.165, 1.54) is 0 Å². The smallest absolute Gasteiger partial charge is 0.252 e. The molecular weight excluding hydrogens is 361 g/mol. The predicted molar refractivity (Wildman–Crippen MR) is 120 cm³/mol. The number of aromatic amines is 1. The Hall–Kier alpha value is -3.54. The Morgan fingerprint density at radius 3 is 2.62 bits per heavy atom. The van der Waals surface area contributed by atoms with E-state index < -0.39 is 0 Å². The Balaban J connectivity index is 1.85. The summed E-state index contributed by atoms with van der Waals surface area (Å²) in [6.45, 7) is 0. The first-order chi connectivity index (χ1) is 14.0. The molecule has 2 aromatic carbocycles. The molecule has 0 saturated carbocycles. The van der Waals surface area contributed by atoms with E-state index in [0.29, 0.717) is 5.56 Å². The van der Waals surface area contributed by atoms with Gasteiger partial charge in [0, 0.05) is 54.1 Å². The van der Waals surface area contributed by atoms with Crippen LogP contribution in [0.5, 0.6) is 5.75 Å². The van der Waals surface area contributed by atoms with E-state index in [4.69, 9.17) is 4.74 Å². The third kappa shape index (κ3) is 3.38. The molecular formula is C23H22BN3O2. The summed E-state index contributed by atoms with van der Waals surface area (Å²) in [7, 11) is 7.16. The van der Waals surface area contributed by atoms with Crippen molar-refractivity contribution in [3.8, 4) is 28.0 Å². The van der Waals surface area contributed by atoms with Gasteiger partial charge in [-0.2, -0.15) is 0 Å². The average Bonchev–Trinajstić information content (AvgIpc) is 3.16. The van der Waals surface area contributed by atoms with Crippen molar-refractivity contribution in [1.82, 2.24) is 14.9 Å². The maximum absolute atomic E-state index is 12.5. The second-order valence-corrected chi connectivity index (χ2v) is 7.25. The van der Waals surface area contributed by atoms with Gasteiger partial charge in [0.2, 0.25) is 0 Å². The number of benzene rings is 2. The zero-order chi connectivity index (χ0) is 20.5. The Labute approximate surface area is 170 Å². The van der Waals surface area contributed by atoms with Crippen LogP contribution in [0.4, 0.5) is 0 Å². The first kappa shape index (κ1) is 18.8. The highest BCUT2D eigenvalue weighted by Gasteiger charge is 2.15. The zero-order valence-electron chi connectivity index (χ0n) is 17.0. The number of para-hydroxylation sites is 1. The molecule has 0 spiro atoms. The lowest BCUT2D eigenvalue weighted by atomic mass is 9.87. The van der Waals surface area contributed by atoms with Crippen LogP contribution in [0.25, 0.3) is 33.3 Å². The number of nitrogens with zero attached hydrogens (tertiary/aromatic N) is 2. The molecule has 29 heavy (non-hydrogen) atoms. The minimum atomic E-state index is -0.00487. The summed E-state index contributed by atoms with van der Waals surface area (Å²) in [4.78, 5) is 22.0. The second kappa shape index (κ2) is 7.47. The summed E-state index contributed by atoms with van der Waals surface area (Å²) < 4.78 is 5.53. The summed E-state index contributed by atoms with van der Waals surface area (Å²) in [5.41, 5.74) is 6.43. The summed E-state index contributed by atoms with van der Waals surface area (Å²) in [6.07, 6.45) is 3.79. The van der Waals surface area contributed by atoms with Crippen molar-refractivity contribution >= 4 is 30.2 Å². The van der Waals surface area contributed by atoms with E-state index in [1.54, 1.807) is 26.1 Å². The van der Waals surface area contributed by atoms with Gasteiger partial charge < -0.3 is 14.6 Å². The lowest BCUT2D eigenvalue weighted by molar-refractivity contribution is 0.0829. The highest BCUT2D eigenvalue weighted by Crippen LogP contribution is 2.35. The Bertz CT molecular complexity index is 1210.